The summed E-state index contributed by atoms with van der Waals surface area (Å²) in [5.41, 5.74) is 1.21. The van der Waals surface area contributed by atoms with Crippen LogP contribution in [-0.2, 0) is 6.54 Å². The predicted octanol–water partition coefficient (Wildman–Crippen LogP) is 5.36. The lowest BCUT2D eigenvalue weighted by atomic mass is 9.99. The molecule has 1 saturated heterocycles. The summed E-state index contributed by atoms with van der Waals surface area (Å²) in [5.74, 6) is 3.33. The number of hydrogen-bond donors (Lipinski definition) is 0. The molecule has 1 heterocycles. The van der Waals surface area contributed by atoms with E-state index in [1.165, 1.54) is 31.5 Å². The highest BCUT2D eigenvalue weighted by Gasteiger charge is 2.15. The summed E-state index contributed by atoms with van der Waals surface area (Å²) in [4.78, 5) is 4.78. The third kappa shape index (κ3) is 8.19. The van der Waals surface area contributed by atoms with Gasteiger partial charge in [-0.2, -0.15) is 0 Å². The minimum Gasteiger partial charge on any atom is -0.494 e. The van der Waals surface area contributed by atoms with Crippen molar-refractivity contribution in [2.75, 3.05) is 53.6 Å². The van der Waals surface area contributed by atoms with Gasteiger partial charge in [0.1, 0.15) is 12.4 Å². The molecular formula is C26H37ClN2O3. The highest BCUT2D eigenvalue weighted by atomic mass is 35.5. The fraction of sp³-hybridized carbons (Fsp3) is 0.538. The Morgan fingerprint density at radius 2 is 1.75 bits per heavy atom. The van der Waals surface area contributed by atoms with Crippen molar-refractivity contribution in [3.05, 3.63) is 53.1 Å². The first-order valence-corrected chi connectivity index (χ1v) is 12.0. The van der Waals surface area contributed by atoms with Crippen molar-refractivity contribution in [1.29, 1.82) is 0 Å². The van der Waals surface area contributed by atoms with Crippen LogP contribution in [0, 0.1) is 5.92 Å². The maximum atomic E-state index is 6.04. The molecule has 1 aliphatic heterocycles. The van der Waals surface area contributed by atoms with Gasteiger partial charge in [-0.1, -0.05) is 24.6 Å². The van der Waals surface area contributed by atoms with Gasteiger partial charge in [0.05, 0.1) is 13.7 Å². The highest BCUT2D eigenvalue weighted by Crippen LogP contribution is 2.28. The molecule has 0 saturated carbocycles. The molecule has 0 atom stereocenters. The Hall–Kier alpha value is -1.95. The fourth-order valence-electron chi connectivity index (χ4n) is 3.95. The number of likely N-dealkylation sites (tertiary alicyclic amines) is 1. The summed E-state index contributed by atoms with van der Waals surface area (Å²) < 4.78 is 17.4. The molecular weight excluding hydrogens is 424 g/mol. The number of methoxy groups -OCH3 is 1. The van der Waals surface area contributed by atoms with E-state index >= 15 is 0 Å². The van der Waals surface area contributed by atoms with Crippen molar-refractivity contribution in [2.24, 2.45) is 5.92 Å². The summed E-state index contributed by atoms with van der Waals surface area (Å²) in [7, 11) is 3.83. The summed E-state index contributed by atoms with van der Waals surface area (Å²) >= 11 is 5.90. The molecule has 0 bridgehead atoms. The number of rotatable bonds is 12. The molecule has 0 unspecified atom stereocenters. The number of piperidine rings is 1. The molecule has 0 radical (unpaired) electrons. The van der Waals surface area contributed by atoms with Crippen molar-refractivity contribution >= 4 is 11.6 Å². The van der Waals surface area contributed by atoms with E-state index in [0.717, 1.165) is 54.2 Å². The quantitative estimate of drug-likeness (QED) is 0.398. The highest BCUT2D eigenvalue weighted by molar-refractivity contribution is 6.30. The minimum atomic E-state index is 0.679. The van der Waals surface area contributed by atoms with Gasteiger partial charge >= 0.3 is 0 Å². The number of nitrogens with zero attached hydrogens (tertiary/aromatic N) is 2. The maximum absolute atomic E-state index is 6.04. The van der Waals surface area contributed by atoms with Crippen LogP contribution in [0.1, 0.15) is 31.7 Å². The molecule has 1 fully saturated rings. The number of hydrogen-bond acceptors (Lipinski definition) is 5. The van der Waals surface area contributed by atoms with Gasteiger partial charge in [-0.05, 0) is 87.3 Å². The Balaban J connectivity index is 1.38. The third-order valence-electron chi connectivity index (χ3n) is 5.99. The second-order valence-electron chi connectivity index (χ2n) is 8.75. The lowest BCUT2D eigenvalue weighted by Gasteiger charge is -2.30. The van der Waals surface area contributed by atoms with E-state index in [4.69, 9.17) is 25.8 Å². The molecule has 5 nitrogen and oxygen atoms in total. The van der Waals surface area contributed by atoms with Crippen molar-refractivity contribution in [3.8, 4) is 17.2 Å². The Labute approximate surface area is 198 Å². The second-order valence-corrected chi connectivity index (χ2v) is 9.19. The van der Waals surface area contributed by atoms with E-state index in [-0.39, 0.29) is 0 Å². The summed E-state index contributed by atoms with van der Waals surface area (Å²) in [6.45, 7) is 8.84. The normalized spacial score (nSPS) is 15.2. The zero-order chi connectivity index (χ0) is 22.8. The molecule has 0 N–H and O–H groups in total. The lowest BCUT2D eigenvalue weighted by molar-refractivity contribution is 0.158. The average Bonchev–Trinajstić information content (AvgIpc) is 2.80. The van der Waals surface area contributed by atoms with Gasteiger partial charge in [-0.3, -0.25) is 4.90 Å². The number of ether oxygens (including phenoxy) is 3. The Kier molecular flexibility index (Phi) is 9.97. The van der Waals surface area contributed by atoms with Gasteiger partial charge in [0, 0.05) is 24.7 Å². The van der Waals surface area contributed by atoms with Crippen LogP contribution in [0.25, 0.3) is 0 Å². The number of halogens is 1. The van der Waals surface area contributed by atoms with Crippen molar-refractivity contribution < 1.29 is 14.2 Å². The van der Waals surface area contributed by atoms with Crippen LogP contribution in [0.2, 0.25) is 5.02 Å². The first kappa shape index (κ1) is 24.7. The van der Waals surface area contributed by atoms with Gasteiger partial charge in [0.2, 0.25) is 0 Å². The smallest absolute Gasteiger partial charge is 0.161 e. The minimum absolute atomic E-state index is 0.679. The van der Waals surface area contributed by atoms with Crippen molar-refractivity contribution in [3.63, 3.8) is 0 Å². The van der Waals surface area contributed by atoms with Gasteiger partial charge in [-0.15, -0.1) is 0 Å². The molecule has 3 rings (SSSR count). The van der Waals surface area contributed by atoms with Crippen LogP contribution in [0.4, 0.5) is 0 Å². The first-order valence-electron chi connectivity index (χ1n) is 11.6. The van der Waals surface area contributed by atoms with Gasteiger partial charge in [0.15, 0.2) is 11.5 Å². The van der Waals surface area contributed by atoms with Crippen LogP contribution >= 0.6 is 11.6 Å². The molecule has 0 aromatic heterocycles. The largest absolute Gasteiger partial charge is 0.494 e. The van der Waals surface area contributed by atoms with E-state index in [2.05, 4.69) is 35.9 Å². The van der Waals surface area contributed by atoms with Crippen molar-refractivity contribution in [1.82, 2.24) is 9.80 Å². The lowest BCUT2D eigenvalue weighted by Crippen LogP contribution is -2.35. The standard InChI is InChI=1S/C26H37ClN2O3/c1-21-11-14-29(15-12-21)16-18-32-25-10-5-22(19-26(25)30-3)20-28(2)13-4-17-31-24-8-6-23(27)7-9-24/h5-10,19,21H,4,11-18,20H2,1-3H3. The molecule has 2 aromatic rings. The fourth-order valence-corrected chi connectivity index (χ4v) is 4.07. The molecule has 1 aliphatic rings. The molecule has 32 heavy (non-hydrogen) atoms. The van der Waals surface area contributed by atoms with Crippen LogP contribution in [0.5, 0.6) is 17.2 Å². The van der Waals surface area contributed by atoms with E-state index in [0.29, 0.717) is 13.2 Å². The number of benzene rings is 2. The topological polar surface area (TPSA) is 34.2 Å². The molecule has 176 valence electrons. The Bertz CT molecular complexity index is 807. The monoisotopic (exact) mass is 460 g/mol. The summed E-state index contributed by atoms with van der Waals surface area (Å²) in [5, 5.41) is 0.723. The zero-order valence-corrected chi connectivity index (χ0v) is 20.4. The van der Waals surface area contributed by atoms with E-state index in [1.54, 1.807) is 7.11 Å². The van der Waals surface area contributed by atoms with Crippen molar-refractivity contribution in [2.45, 2.75) is 32.7 Å². The molecule has 0 spiro atoms. The average molecular weight is 461 g/mol. The second kappa shape index (κ2) is 12.9. The maximum Gasteiger partial charge on any atom is 0.161 e. The molecule has 2 aromatic carbocycles. The first-order chi connectivity index (χ1) is 15.5. The van der Waals surface area contributed by atoms with E-state index < -0.39 is 0 Å². The van der Waals surface area contributed by atoms with E-state index in [9.17, 15) is 0 Å². The molecule has 0 amide bonds. The molecule has 0 aliphatic carbocycles. The predicted molar refractivity (Wildman–Crippen MR) is 131 cm³/mol. The van der Waals surface area contributed by atoms with Crippen LogP contribution in [0.15, 0.2) is 42.5 Å². The SMILES string of the molecule is COc1cc(CN(C)CCCOc2ccc(Cl)cc2)ccc1OCCN1CCC(C)CC1. The van der Waals surface area contributed by atoms with Crippen LogP contribution < -0.4 is 14.2 Å². The van der Waals surface area contributed by atoms with Crippen LogP contribution in [-0.4, -0.2) is 63.4 Å². The van der Waals surface area contributed by atoms with E-state index in [1.807, 2.05) is 30.3 Å². The van der Waals surface area contributed by atoms with Gasteiger partial charge in [0.25, 0.3) is 0 Å². The Morgan fingerprint density at radius 3 is 2.47 bits per heavy atom. The van der Waals surface area contributed by atoms with Crippen LogP contribution in [0.3, 0.4) is 0 Å². The Morgan fingerprint density at radius 1 is 1.00 bits per heavy atom. The van der Waals surface area contributed by atoms with Gasteiger partial charge < -0.3 is 19.1 Å². The zero-order valence-electron chi connectivity index (χ0n) is 19.7. The molecule has 6 heteroatoms. The van der Waals surface area contributed by atoms with Gasteiger partial charge in [-0.25, -0.2) is 0 Å². The summed E-state index contributed by atoms with van der Waals surface area (Å²) in [6.07, 6.45) is 3.53. The third-order valence-corrected chi connectivity index (χ3v) is 6.24. The summed E-state index contributed by atoms with van der Waals surface area (Å²) in [6, 6.07) is 13.7.